The minimum atomic E-state index is -4.84. The van der Waals surface area contributed by atoms with Gasteiger partial charge in [0.25, 0.3) is 0 Å². The van der Waals surface area contributed by atoms with Crippen LogP contribution in [0.25, 0.3) is 28.0 Å². The highest BCUT2D eigenvalue weighted by Gasteiger charge is 2.38. The zero-order valence-corrected chi connectivity index (χ0v) is 20.6. The van der Waals surface area contributed by atoms with Gasteiger partial charge in [0.2, 0.25) is 5.88 Å². The van der Waals surface area contributed by atoms with Gasteiger partial charge in [0.15, 0.2) is 17.2 Å². The lowest BCUT2D eigenvalue weighted by atomic mass is 9.84. The lowest BCUT2D eigenvalue weighted by Crippen LogP contribution is -2.22. The topological polar surface area (TPSA) is 91.8 Å². The molecule has 198 valence electrons. The molecule has 3 aromatic heterocycles. The molecule has 0 saturated heterocycles. The van der Waals surface area contributed by atoms with Gasteiger partial charge in [-0.05, 0) is 42.3 Å². The number of hydrogen-bond acceptors (Lipinski definition) is 7. The predicted molar refractivity (Wildman–Crippen MR) is 138 cm³/mol. The largest absolute Gasteiger partial charge is 0.573 e. The van der Waals surface area contributed by atoms with Gasteiger partial charge in [-0.2, -0.15) is 0 Å². The van der Waals surface area contributed by atoms with Crippen LogP contribution in [-0.2, 0) is 0 Å². The Morgan fingerprint density at radius 1 is 0.950 bits per heavy atom. The van der Waals surface area contributed by atoms with Crippen LogP contribution in [0.15, 0.2) is 88.3 Å². The Morgan fingerprint density at radius 3 is 2.48 bits per heavy atom. The first-order valence-electron chi connectivity index (χ1n) is 12.2. The summed E-state index contributed by atoms with van der Waals surface area (Å²) in [4.78, 5) is 22.7. The molecule has 6 aromatic rings. The first-order valence-corrected chi connectivity index (χ1v) is 12.2. The molecule has 0 spiro atoms. The van der Waals surface area contributed by atoms with Crippen LogP contribution in [0.2, 0.25) is 0 Å². The van der Waals surface area contributed by atoms with Gasteiger partial charge in [0.05, 0.1) is 22.4 Å². The van der Waals surface area contributed by atoms with Gasteiger partial charge in [-0.3, -0.25) is 0 Å². The Kier molecular flexibility index (Phi) is 5.18. The molecule has 0 radical (unpaired) electrons. The molecule has 1 aliphatic heterocycles. The van der Waals surface area contributed by atoms with Crippen LogP contribution >= 0.6 is 0 Å². The molecule has 0 fully saturated rings. The average Bonchev–Trinajstić information content (AvgIpc) is 3.36. The summed E-state index contributed by atoms with van der Waals surface area (Å²) < 4.78 is 55.9. The minimum absolute atomic E-state index is 0.172. The lowest BCUT2D eigenvalue weighted by Gasteiger charge is -2.27. The van der Waals surface area contributed by atoms with Crippen molar-refractivity contribution in [1.82, 2.24) is 19.6 Å². The number of aromatic nitrogens is 4. The van der Waals surface area contributed by atoms with Crippen molar-refractivity contribution in [2.75, 3.05) is 0 Å². The molecule has 0 amide bonds. The second-order valence-corrected chi connectivity index (χ2v) is 9.26. The van der Waals surface area contributed by atoms with Crippen molar-refractivity contribution in [3.63, 3.8) is 0 Å². The van der Waals surface area contributed by atoms with E-state index in [4.69, 9.17) is 14.1 Å². The number of fused-ring (bicyclic) bond motifs is 6. The molecule has 40 heavy (non-hydrogen) atoms. The standard InChI is InChI=1S/C29H17F3N4O4/c1-15-6-2-3-7-18(15)25-34-26-23-21(16-10-12-17(13-11-16)40-29(30,31)32)22-24(39-27(23)33-14-36(26)35-25)19-8-4-5-9-20(19)38-28(22)37/h2-14,21H,1H3. The SMILES string of the molecule is Cc1ccccc1-c1nc2c3c(ncn2n1)Oc1c(c(=O)oc2ccccc12)C3c1ccc(OC(F)(F)F)cc1. The summed E-state index contributed by atoms with van der Waals surface area (Å²) in [5, 5.41) is 5.15. The van der Waals surface area contributed by atoms with E-state index in [0.29, 0.717) is 33.6 Å². The normalized spacial score (nSPS) is 14.6. The van der Waals surface area contributed by atoms with E-state index in [9.17, 15) is 18.0 Å². The summed E-state index contributed by atoms with van der Waals surface area (Å²) in [7, 11) is 0. The molecule has 1 unspecified atom stereocenters. The second kappa shape index (κ2) is 8.67. The maximum atomic E-state index is 13.5. The summed E-state index contributed by atoms with van der Waals surface area (Å²) in [6.07, 6.45) is -3.37. The number of hydrogen-bond donors (Lipinski definition) is 0. The van der Waals surface area contributed by atoms with E-state index in [1.54, 1.807) is 24.3 Å². The third-order valence-corrected chi connectivity index (χ3v) is 6.79. The summed E-state index contributed by atoms with van der Waals surface area (Å²) in [5.41, 5.74) is 2.91. The van der Waals surface area contributed by atoms with E-state index in [1.165, 1.54) is 35.1 Å². The molecule has 7 rings (SSSR count). The third-order valence-electron chi connectivity index (χ3n) is 6.79. The van der Waals surface area contributed by atoms with Gasteiger partial charge in [0.1, 0.15) is 17.7 Å². The van der Waals surface area contributed by atoms with Crippen molar-refractivity contribution in [2.24, 2.45) is 0 Å². The molecule has 4 heterocycles. The maximum Gasteiger partial charge on any atom is 0.573 e. The smallest absolute Gasteiger partial charge is 0.437 e. The van der Waals surface area contributed by atoms with Crippen molar-refractivity contribution in [3.8, 4) is 28.8 Å². The second-order valence-electron chi connectivity index (χ2n) is 9.26. The summed E-state index contributed by atoms with van der Waals surface area (Å²) in [6.45, 7) is 1.94. The molecule has 1 aliphatic rings. The maximum absolute atomic E-state index is 13.5. The highest BCUT2D eigenvalue weighted by Crippen LogP contribution is 2.49. The fourth-order valence-electron chi connectivity index (χ4n) is 5.06. The number of benzene rings is 3. The first-order chi connectivity index (χ1) is 19.3. The molecule has 0 aliphatic carbocycles. The van der Waals surface area contributed by atoms with Crippen LogP contribution < -0.4 is 15.1 Å². The number of alkyl halides is 3. The molecule has 0 bridgehead atoms. The number of para-hydroxylation sites is 1. The molecule has 0 N–H and O–H groups in total. The van der Waals surface area contributed by atoms with E-state index in [0.717, 1.165) is 11.1 Å². The van der Waals surface area contributed by atoms with E-state index in [2.05, 4.69) is 14.8 Å². The van der Waals surface area contributed by atoms with Crippen LogP contribution in [0.1, 0.15) is 28.2 Å². The van der Waals surface area contributed by atoms with Crippen molar-refractivity contribution in [2.45, 2.75) is 19.2 Å². The fourth-order valence-corrected chi connectivity index (χ4v) is 5.06. The highest BCUT2D eigenvalue weighted by atomic mass is 19.4. The van der Waals surface area contributed by atoms with Crippen LogP contribution in [0.4, 0.5) is 13.2 Å². The molecule has 3 aromatic carbocycles. The van der Waals surface area contributed by atoms with Gasteiger partial charge in [-0.15, -0.1) is 18.3 Å². The number of ether oxygens (including phenoxy) is 2. The van der Waals surface area contributed by atoms with Crippen LogP contribution in [0, 0.1) is 6.92 Å². The number of halogens is 3. The number of nitrogens with zero attached hydrogens (tertiary/aromatic N) is 4. The lowest BCUT2D eigenvalue weighted by molar-refractivity contribution is -0.274. The van der Waals surface area contributed by atoms with Crippen LogP contribution in [0.5, 0.6) is 17.4 Å². The van der Waals surface area contributed by atoms with Crippen LogP contribution in [0.3, 0.4) is 0 Å². The fraction of sp³-hybridized carbons (Fsp3) is 0.103. The van der Waals surface area contributed by atoms with E-state index < -0.39 is 23.7 Å². The van der Waals surface area contributed by atoms with Crippen LogP contribution in [-0.4, -0.2) is 25.9 Å². The molecule has 8 nitrogen and oxygen atoms in total. The monoisotopic (exact) mass is 542 g/mol. The summed E-state index contributed by atoms with van der Waals surface area (Å²) >= 11 is 0. The molecular weight excluding hydrogens is 525 g/mol. The molecule has 0 saturated carbocycles. The van der Waals surface area contributed by atoms with Gasteiger partial charge >= 0.3 is 12.0 Å². The number of rotatable bonds is 3. The van der Waals surface area contributed by atoms with Crippen molar-refractivity contribution < 1.29 is 27.1 Å². The average molecular weight is 542 g/mol. The van der Waals surface area contributed by atoms with Crippen molar-refractivity contribution in [1.29, 1.82) is 0 Å². The minimum Gasteiger partial charge on any atom is -0.437 e. The summed E-state index contributed by atoms with van der Waals surface area (Å²) in [5.74, 6) is -0.340. The van der Waals surface area contributed by atoms with Gasteiger partial charge in [-0.25, -0.2) is 19.3 Å². The van der Waals surface area contributed by atoms with Gasteiger partial charge in [0, 0.05) is 5.56 Å². The zero-order valence-electron chi connectivity index (χ0n) is 20.6. The first kappa shape index (κ1) is 23.9. The van der Waals surface area contributed by atoms with Gasteiger partial charge < -0.3 is 13.9 Å². The summed E-state index contributed by atoms with van der Waals surface area (Å²) in [6, 6.07) is 19.9. The van der Waals surface area contributed by atoms with Crippen molar-refractivity contribution in [3.05, 3.63) is 112 Å². The molecule has 1 atom stereocenters. The Hall–Kier alpha value is -5.19. The Bertz CT molecular complexity index is 2000. The number of aryl methyl sites for hydroxylation is 1. The van der Waals surface area contributed by atoms with Gasteiger partial charge in [-0.1, -0.05) is 48.5 Å². The molecule has 11 heteroatoms. The highest BCUT2D eigenvalue weighted by molar-refractivity contribution is 5.87. The quantitative estimate of drug-likeness (QED) is 0.239. The third kappa shape index (κ3) is 3.85. The Balaban J connectivity index is 1.49. The van der Waals surface area contributed by atoms with E-state index in [-0.39, 0.29) is 17.2 Å². The van der Waals surface area contributed by atoms with Crippen molar-refractivity contribution >= 4 is 16.6 Å². The van der Waals surface area contributed by atoms with E-state index >= 15 is 0 Å². The Labute approximate surface area is 223 Å². The Morgan fingerprint density at radius 2 is 1.70 bits per heavy atom. The molecular formula is C29H17F3N4O4. The zero-order chi connectivity index (χ0) is 27.6. The predicted octanol–water partition coefficient (Wildman–Crippen LogP) is 6.39. The van der Waals surface area contributed by atoms with E-state index in [1.807, 2.05) is 31.2 Å².